The van der Waals surface area contributed by atoms with Gasteiger partial charge in [-0.1, -0.05) is 16.7 Å². The van der Waals surface area contributed by atoms with Crippen LogP contribution in [0.15, 0.2) is 17.2 Å². The molecule has 1 aliphatic rings. The SMILES string of the molecule is CC1=N[N+]([O-])(c2cc(O)c(Cl)cc2F)CN1C(F)F. The van der Waals surface area contributed by atoms with Crippen LogP contribution in [0.3, 0.4) is 0 Å². The normalized spacial score (nSPS) is 23.1. The molecular weight excluding hydrogens is 287 g/mol. The molecule has 5 nitrogen and oxygen atoms in total. The quantitative estimate of drug-likeness (QED) is 0.518. The van der Waals surface area contributed by atoms with Crippen LogP contribution in [-0.4, -0.2) is 29.1 Å². The number of phenols is 1. The number of halogens is 4. The van der Waals surface area contributed by atoms with Crippen LogP contribution in [0.1, 0.15) is 6.92 Å². The fourth-order valence-electron chi connectivity index (χ4n) is 1.76. The van der Waals surface area contributed by atoms with E-state index >= 15 is 0 Å². The van der Waals surface area contributed by atoms with Crippen molar-refractivity contribution in [1.82, 2.24) is 9.66 Å². The molecule has 1 heterocycles. The molecule has 2 rings (SSSR count). The van der Waals surface area contributed by atoms with E-state index in [0.29, 0.717) is 4.90 Å². The average molecular weight is 296 g/mol. The Labute approximate surface area is 111 Å². The van der Waals surface area contributed by atoms with Crippen LogP contribution < -0.4 is 4.76 Å². The Morgan fingerprint density at radius 3 is 2.68 bits per heavy atom. The van der Waals surface area contributed by atoms with Gasteiger partial charge in [-0.25, -0.2) is 9.29 Å². The van der Waals surface area contributed by atoms with Crippen molar-refractivity contribution in [3.05, 3.63) is 28.2 Å². The Morgan fingerprint density at radius 1 is 1.53 bits per heavy atom. The summed E-state index contributed by atoms with van der Waals surface area (Å²) in [4.78, 5) is 0.443. The summed E-state index contributed by atoms with van der Waals surface area (Å²) in [6, 6.07) is 1.52. The number of alkyl halides is 2. The molecule has 0 bridgehead atoms. The van der Waals surface area contributed by atoms with Gasteiger partial charge in [0.15, 0.2) is 18.3 Å². The first-order valence-corrected chi connectivity index (χ1v) is 5.51. The molecule has 1 N–H and O–H groups in total. The number of benzene rings is 1. The van der Waals surface area contributed by atoms with Gasteiger partial charge in [0, 0.05) is 12.1 Å². The highest BCUT2D eigenvalue weighted by molar-refractivity contribution is 6.32. The number of amidine groups is 1. The standard InChI is InChI=1S/C10H9ClF3N3O2/c1-5-15-17(19,4-16(5)10(13)14)8-3-9(18)6(11)2-7(8)12/h2-3,10,18H,4H2,1H3. The molecule has 0 aliphatic carbocycles. The molecule has 104 valence electrons. The summed E-state index contributed by atoms with van der Waals surface area (Å²) in [5.41, 5.74) is -0.579. The van der Waals surface area contributed by atoms with Crippen molar-refractivity contribution in [1.29, 1.82) is 0 Å². The van der Waals surface area contributed by atoms with Crippen LogP contribution in [-0.2, 0) is 0 Å². The fourth-order valence-corrected chi connectivity index (χ4v) is 1.91. The number of aromatic hydroxyl groups is 1. The van der Waals surface area contributed by atoms with Crippen LogP contribution in [0.5, 0.6) is 5.75 Å². The molecule has 1 aromatic rings. The zero-order valence-electron chi connectivity index (χ0n) is 9.65. The molecule has 0 fully saturated rings. The van der Waals surface area contributed by atoms with E-state index in [-0.39, 0.29) is 10.9 Å². The smallest absolute Gasteiger partial charge is 0.320 e. The lowest BCUT2D eigenvalue weighted by Gasteiger charge is -2.32. The maximum atomic E-state index is 13.7. The van der Waals surface area contributed by atoms with E-state index in [4.69, 9.17) is 11.6 Å². The maximum absolute atomic E-state index is 13.7. The lowest BCUT2D eigenvalue weighted by Crippen LogP contribution is -2.43. The zero-order chi connectivity index (χ0) is 14.4. The first kappa shape index (κ1) is 13.9. The first-order chi connectivity index (χ1) is 8.74. The maximum Gasteiger partial charge on any atom is 0.320 e. The van der Waals surface area contributed by atoms with Gasteiger partial charge in [-0.05, 0) is 6.92 Å². The van der Waals surface area contributed by atoms with E-state index in [9.17, 15) is 23.5 Å². The summed E-state index contributed by atoms with van der Waals surface area (Å²) in [6.45, 7) is -2.47. The predicted octanol–water partition coefficient (Wildman–Crippen LogP) is 2.82. The summed E-state index contributed by atoms with van der Waals surface area (Å²) in [5, 5.41) is 24.9. The molecule has 1 aromatic carbocycles. The minimum absolute atomic E-state index is 0.209. The van der Waals surface area contributed by atoms with Crippen LogP contribution in [0.4, 0.5) is 18.9 Å². The second-order valence-corrected chi connectivity index (χ2v) is 4.40. The van der Waals surface area contributed by atoms with Gasteiger partial charge in [0.2, 0.25) is 5.69 Å². The molecule has 19 heavy (non-hydrogen) atoms. The molecule has 0 aromatic heterocycles. The van der Waals surface area contributed by atoms with Crippen LogP contribution >= 0.6 is 11.6 Å². The summed E-state index contributed by atoms with van der Waals surface area (Å²) >= 11 is 5.48. The van der Waals surface area contributed by atoms with Crippen LogP contribution in [0.2, 0.25) is 5.02 Å². The number of hydroxylamine groups is 1. The minimum Gasteiger partial charge on any atom is -0.598 e. The monoisotopic (exact) mass is 295 g/mol. The molecular formula is C10H9ClF3N3O2. The zero-order valence-corrected chi connectivity index (χ0v) is 10.4. The van der Waals surface area contributed by atoms with E-state index < -0.39 is 35.2 Å². The van der Waals surface area contributed by atoms with Gasteiger partial charge in [0.1, 0.15) is 5.75 Å². The van der Waals surface area contributed by atoms with Crippen molar-refractivity contribution in [2.75, 3.05) is 6.67 Å². The van der Waals surface area contributed by atoms with E-state index in [1.165, 1.54) is 6.92 Å². The number of phenolic OH excluding ortho intramolecular Hbond substituents is 1. The summed E-state index contributed by atoms with van der Waals surface area (Å²) < 4.78 is 37.3. The minimum atomic E-state index is -2.92. The lowest BCUT2D eigenvalue weighted by atomic mass is 10.2. The number of rotatable bonds is 2. The van der Waals surface area contributed by atoms with Crippen LogP contribution in [0, 0.1) is 11.0 Å². The van der Waals surface area contributed by atoms with Crippen molar-refractivity contribution in [2.45, 2.75) is 13.5 Å². The third-order valence-corrected chi connectivity index (χ3v) is 3.00. The second kappa shape index (κ2) is 4.55. The molecule has 0 saturated carbocycles. The van der Waals surface area contributed by atoms with Crippen molar-refractivity contribution in [3.8, 4) is 5.75 Å². The van der Waals surface area contributed by atoms with Gasteiger partial charge in [-0.2, -0.15) is 13.5 Å². The van der Waals surface area contributed by atoms with Crippen molar-refractivity contribution >= 4 is 23.1 Å². The Kier molecular flexibility index (Phi) is 3.33. The van der Waals surface area contributed by atoms with E-state index in [0.717, 1.165) is 12.1 Å². The van der Waals surface area contributed by atoms with Gasteiger partial charge in [0.25, 0.3) is 0 Å². The molecule has 1 unspecified atom stereocenters. The Hall–Kier alpha value is -1.51. The molecule has 9 heteroatoms. The van der Waals surface area contributed by atoms with E-state index in [1.54, 1.807) is 0 Å². The largest absolute Gasteiger partial charge is 0.598 e. The fraction of sp³-hybridized carbons (Fsp3) is 0.300. The third kappa shape index (κ3) is 2.34. The van der Waals surface area contributed by atoms with Gasteiger partial charge >= 0.3 is 6.55 Å². The summed E-state index contributed by atoms with van der Waals surface area (Å²) in [5.74, 6) is -1.75. The predicted molar refractivity (Wildman–Crippen MR) is 64.1 cm³/mol. The van der Waals surface area contributed by atoms with Crippen molar-refractivity contribution < 1.29 is 18.3 Å². The van der Waals surface area contributed by atoms with Gasteiger partial charge in [-0.15, -0.1) is 0 Å². The van der Waals surface area contributed by atoms with Crippen molar-refractivity contribution in [3.63, 3.8) is 0 Å². The molecule has 0 amide bonds. The van der Waals surface area contributed by atoms with Gasteiger partial charge in [-0.3, -0.25) is 0 Å². The highest BCUT2D eigenvalue weighted by atomic mass is 35.5. The van der Waals surface area contributed by atoms with E-state index in [1.807, 2.05) is 0 Å². The highest BCUT2D eigenvalue weighted by Crippen LogP contribution is 2.37. The number of hydrogen-bond donors (Lipinski definition) is 1. The Balaban J connectivity index is 2.46. The Bertz CT molecular complexity index is 555. The summed E-state index contributed by atoms with van der Waals surface area (Å²) in [7, 11) is 0. The number of hydrogen-bond acceptors (Lipinski definition) is 4. The lowest BCUT2D eigenvalue weighted by molar-refractivity contribution is 0.0124. The molecule has 0 radical (unpaired) electrons. The topological polar surface area (TPSA) is 58.9 Å². The van der Waals surface area contributed by atoms with Crippen LogP contribution in [0.25, 0.3) is 0 Å². The van der Waals surface area contributed by atoms with Gasteiger partial charge in [0.05, 0.1) is 5.02 Å². The molecule has 1 aliphatic heterocycles. The van der Waals surface area contributed by atoms with Gasteiger partial charge < -0.3 is 10.3 Å². The number of nitrogens with zero attached hydrogens (tertiary/aromatic N) is 3. The van der Waals surface area contributed by atoms with Crippen molar-refractivity contribution in [2.24, 2.45) is 5.10 Å². The number of quaternary nitrogens is 1. The Morgan fingerprint density at radius 2 is 2.16 bits per heavy atom. The molecule has 0 spiro atoms. The van der Waals surface area contributed by atoms with E-state index in [2.05, 4.69) is 5.10 Å². The highest BCUT2D eigenvalue weighted by Gasteiger charge is 2.39. The summed E-state index contributed by atoms with van der Waals surface area (Å²) in [6.07, 6.45) is 0. The molecule has 1 atom stereocenters. The first-order valence-electron chi connectivity index (χ1n) is 5.14. The third-order valence-electron chi connectivity index (χ3n) is 2.69. The molecule has 0 saturated heterocycles. The average Bonchev–Trinajstić information content (AvgIpc) is 2.60. The second-order valence-electron chi connectivity index (χ2n) is 3.99.